The van der Waals surface area contributed by atoms with Crippen LogP contribution in [0.4, 0.5) is 10.5 Å². The molecular formula is C30H32N4O5. The number of carbonyl (C=O) groups excluding carboxylic acids is 2. The van der Waals surface area contributed by atoms with E-state index in [0.717, 1.165) is 23.2 Å². The molecule has 2 bridgehead atoms. The van der Waals surface area contributed by atoms with Gasteiger partial charge in [-0.15, -0.1) is 0 Å². The Morgan fingerprint density at radius 3 is 2.46 bits per heavy atom. The molecule has 2 atom stereocenters. The van der Waals surface area contributed by atoms with Gasteiger partial charge < -0.3 is 29.2 Å². The van der Waals surface area contributed by atoms with Crippen LogP contribution in [0.25, 0.3) is 0 Å². The van der Waals surface area contributed by atoms with Crippen molar-refractivity contribution < 1.29 is 19.1 Å². The summed E-state index contributed by atoms with van der Waals surface area (Å²) >= 11 is 0. The molecule has 0 unspecified atom stereocenters. The van der Waals surface area contributed by atoms with E-state index < -0.39 is 0 Å². The Balaban J connectivity index is 1.18. The average molecular weight is 529 g/mol. The highest BCUT2D eigenvalue weighted by Gasteiger charge is 2.36. The van der Waals surface area contributed by atoms with Crippen LogP contribution in [0.2, 0.25) is 0 Å². The SMILES string of the molecule is COc1cc2c(cc1OC)CN(C(=O)c1ccccc1NC(=O)N1C[C@@H]3C[C@H](C1)c1cccc(=O)n1C3)CC2. The summed E-state index contributed by atoms with van der Waals surface area (Å²) < 4.78 is 12.7. The molecule has 6 rings (SSSR count). The predicted molar refractivity (Wildman–Crippen MR) is 147 cm³/mol. The summed E-state index contributed by atoms with van der Waals surface area (Å²) in [7, 11) is 3.22. The summed E-state index contributed by atoms with van der Waals surface area (Å²) in [6.07, 6.45) is 1.67. The number of aromatic nitrogens is 1. The summed E-state index contributed by atoms with van der Waals surface area (Å²) in [6, 6.07) is 16.2. The zero-order valence-electron chi connectivity index (χ0n) is 22.2. The first kappa shape index (κ1) is 25.0. The molecule has 1 fully saturated rings. The Bertz CT molecular complexity index is 1500. The summed E-state index contributed by atoms with van der Waals surface area (Å²) in [6.45, 7) is 2.75. The van der Waals surface area contributed by atoms with Crippen LogP contribution in [-0.4, -0.2) is 60.2 Å². The minimum Gasteiger partial charge on any atom is -0.493 e. The van der Waals surface area contributed by atoms with Gasteiger partial charge in [-0.1, -0.05) is 18.2 Å². The van der Waals surface area contributed by atoms with Crippen molar-refractivity contribution in [1.29, 1.82) is 0 Å². The zero-order valence-corrected chi connectivity index (χ0v) is 22.2. The van der Waals surface area contributed by atoms with E-state index in [2.05, 4.69) is 5.32 Å². The number of ether oxygens (including phenoxy) is 2. The van der Waals surface area contributed by atoms with Gasteiger partial charge in [0.25, 0.3) is 11.5 Å². The number of hydrogen-bond acceptors (Lipinski definition) is 5. The van der Waals surface area contributed by atoms with Crippen molar-refractivity contribution >= 4 is 17.6 Å². The second-order valence-electron chi connectivity index (χ2n) is 10.5. The number of likely N-dealkylation sites (tertiary alicyclic amines) is 1. The van der Waals surface area contributed by atoms with Crippen molar-refractivity contribution in [3.8, 4) is 11.5 Å². The minimum atomic E-state index is -0.225. The zero-order chi connectivity index (χ0) is 27.1. The monoisotopic (exact) mass is 528 g/mol. The largest absolute Gasteiger partial charge is 0.493 e. The van der Waals surface area contributed by atoms with E-state index in [9.17, 15) is 14.4 Å². The number of hydrogen-bond donors (Lipinski definition) is 1. The molecule has 3 aliphatic heterocycles. The second kappa shape index (κ2) is 10.1. The van der Waals surface area contributed by atoms with Crippen molar-refractivity contribution in [1.82, 2.24) is 14.4 Å². The topological polar surface area (TPSA) is 93.1 Å². The van der Waals surface area contributed by atoms with Crippen LogP contribution >= 0.6 is 0 Å². The highest BCUT2D eigenvalue weighted by Crippen LogP contribution is 2.36. The third-order valence-corrected chi connectivity index (χ3v) is 8.17. The van der Waals surface area contributed by atoms with Crippen molar-refractivity contribution in [3.63, 3.8) is 0 Å². The second-order valence-corrected chi connectivity index (χ2v) is 10.5. The van der Waals surface area contributed by atoms with Gasteiger partial charge in [0, 0.05) is 50.4 Å². The predicted octanol–water partition coefficient (Wildman–Crippen LogP) is 3.72. The van der Waals surface area contributed by atoms with Gasteiger partial charge in [-0.2, -0.15) is 0 Å². The van der Waals surface area contributed by atoms with Gasteiger partial charge in [-0.3, -0.25) is 9.59 Å². The molecule has 9 heteroatoms. The fraction of sp³-hybridized carbons (Fsp3) is 0.367. The normalized spacial score (nSPS) is 19.5. The van der Waals surface area contributed by atoms with E-state index in [1.54, 1.807) is 43.4 Å². The lowest BCUT2D eigenvalue weighted by Crippen LogP contribution is -2.50. The molecule has 3 aliphatic rings. The molecule has 3 aromatic rings. The van der Waals surface area contributed by atoms with Gasteiger partial charge in [0.2, 0.25) is 0 Å². The number of fused-ring (bicyclic) bond motifs is 5. The summed E-state index contributed by atoms with van der Waals surface area (Å²) in [5.74, 6) is 1.54. The molecule has 2 aromatic carbocycles. The molecule has 202 valence electrons. The van der Waals surface area contributed by atoms with Crippen molar-refractivity contribution in [2.45, 2.75) is 31.8 Å². The van der Waals surface area contributed by atoms with Gasteiger partial charge in [-0.05, 0) is 60.2 Å². The van der Waals surface area contributed by atoms with Crippen molar-refractivity contribution in [2.24, 2.45) is 5.92 Å². The highest BCUT2D eigenvalue weighted by atomic mass is 16.5. The number of nitrogens with one attached hydrogen (secondary N) is 1. The summed E-state index contributed by atoms with van der Waals surface area (Å²) in [5, 5.41) is 3.01. The van der Waals surface area contributed by atoms with Crippen LogP contribution in [0, 0.1) is 5.92 Å². The number of urea groups is 1. The van der Waals surface area contributed by atoms with Gasteiger partial charge in [0.05, 0.1) is 25.5 Å². The summed E-state index contributed by atoms with van der Waals surface area (Å²) in [5.41, 5.74) is 4.13. The van der Waals surface area contributed by atoms with Gasteiger partial charge in [-0.25, -0.2) is 4.79 Å². The molecule has 0 radical (unpaired) electrons. The van der Waals surface area contributed by atoms with Crippen LogP contribution in [0.3, 0.4) is 0 Å². The molecule has 1 N–H and O–H groups in total. The first-order valence-electron chi connectivity index (χ1n) is 13.3. The van der Waals surface area contributed by atoms with E-state index in [-0.39, 0.29) is 29.3 Å². The maximum atomic E-state index is 13.7. The standard InChI is InChI=1S/C30H32N4O5/c1-38-26-13-20-10-11-32(17-21(20)14-27(26)39-2)29(36)23-6-3-4-7-24(23)31-30(37)33-15-19-12-22(18-33)25-8-5-9-28(35)34(25)16-19/h3-9,13-14,19,22H,10-12,15-18H2,1-2H3,(H,31,37)/t19-,22+/m0/s1. The van der Waals surface area contributed by atoms with Gasteiger partial charge >= 0.3 is 6.03 Å². The first-order valence-corrected chi connectivity index (χ1v) is 13.3. The van der Waals surface area contributed by atoms with Crippen LogP contribution in [0.15, 0.2) is 59.4 Å². The smallest absolute Gasteiger partial charge is 0.321 e. The maximum Gasteiger partial charge on any atom is 0.321 e. The molecule has 0 spiro atoms. The van der Waals surface area contributed by atoms with Crippen LogP contribution in [0.5, 0.6) is 11.5 Å². The number of amides is 3. The lowest BCUT2D eigenvalue weighted by Gasteiger charge is -2.42. The lowest BCUT2D eigenvalue weighted by atomic mass is 9.83. The van der Waals surface area contributed by atoms with Gasteiger partial charge in [0.15, 0.2) is 11.5 Å². The number of rotatable bonds is 4. The minimum absolute atomic E-state index is 0.0189. The molecule has 1 aromatic heterocycles. The molecule has 1 saturated heterocycles. The van der Waals surface area contributed by atoms with Crippen LogP contribution < -0.4 is 20.3 Å². The Kier molecular flexibility index (Phi) is 6.50. The average Bonchev–Trinajstić information content (AvgIpc) is 2.96. The highest BCUT2D eigenvalue weighted by molar-refractivity contribution is 6.03. The van der Waals surface area contributed by atoms with Crippen LogP contribution in [-0.2, 0) is 19.5 Å². The van der Waals surface area contributed by atoms with E-state index >= 15 is 0 Å². The number of pyridine rings is 1. The summed E-state index contributed by atoms with van der Waals surface area (Å²) in [4.78, 5) is 43.0. The van der Waals surface area contributed by atoms with Crippen molar-refractivity contribution in [3.05, 3.63) is 87.3 Å². The van der Waals surface area contributed by atoms with E-state index in [1.165, 1.54) is 0 Å². The number of anilines is 1. The fourth-order valence-corrected chi connectivity index (χ4v) is 6.26. The Hall–Kier alpha value is -4.27. The molecule has 3 amide bonds. The molecule has 39 heavy (non-hydrogen) atoms. The number of carbonyl (C=O) groups is 2. The van der Waals surface area contributed by atoms with E-state index in [1.807, 2.05) is 39.8 Å². The Morgan fingerprint density at radius 2 is 1.67 bits per heavy atom. The maximum absolute atomic E-state index is 13.7. The number of benzene rings is 2. The van der Waals surface area contributed by atoms with E-state index in [0.29, 0.717) is 61.9 Å². The lowest BCUT2D eigenvalue weighted by molar-refractivity contribution is 0.0735. The molecule has 0 aliphatic carbocycles. The van der Waals surface area contributed by atoms with E-state index in [4.69, 9.17) is 9.47 Å². The Labute approximate surface area is 226 Å². The fourth-order valence-electron chi connectivity index (χ4n) is 6.26. The Morgan fingerprint density at radius 1 is 0.897 bits per heavy atom. The third-order valence-electron chi connectivity index (χ3n) is 8.17. The molecule has 0 saturated carbocycles. The number of nitrogens with zero attached hydrogens (tertiary/aromatic N) is 3. The third kappa shape index (κ3) is 4.62. The quantitative estimate of drug-likeness (QED) is 0.557. The molecular weight excluding hydrogens is 496 g/mol. The molecule has 9 nitrogen and oxygen atoms in total. The number of methoxy groups -OCH3 is 2. The number of piperidine rings is 1. The first-order chi connectivity index (χ1) is 18.9. The number of para-hydroxylation sites is 1. The van der Waals surface area contributed by atoms with Gasteiger partial charge in [0.1, 0.15) is 0 Å². The van der Waals surface area contributed by atoms with Crippen molar-refractivity contribution in [2.75, 3.05) is 39.2 Å². The van der Waals surface area contributed by atoms with Crippen LogP contribution in [0.1, 0.15) is 39.5 Å². The molecule has 4 heterocycles.